The first-order valence-corrected chi connectivity index (χ1v) is 15.3. The standard InChI is InChI=1S/C42H28N2O/c1-25-20-37-32-14-5-3-12-30(32)31-13-4-6-15-33(31)38(37)23-36(25)39-24-43-42(44-26(39)2)29-11-9-10-27(21-29)28-18-19-35-34-16-7-8-17-40(34)45-41(35)22-28/h3-24H,1-2H3. The largest absolute Gasteiger partial charge is 0.456 e. The summed E-state index contributed by atoms with van der Waals surface area (Å²) in [7, 11) is 0. The molecule has 0 saturated heterocycles. The van der Waals surface area contributed by atoms with Crippen LogP contribution in [0.1, 0.15) is 11.3 Å². The zero-order valence-electron chi connectivity index (χ0n) is 25.0. The van der Waals surface area contributed by atoms with E-state index in [0.717, 1.165) is 55.7 Å². The van der Waals surface area contributed by atoms with Crippen molar-refractivity contribution in [2.45, 2.75) is 13.8 Å². The fourth-order valence-electron chi connectivity index (χ4n) is 6.96. The third-order valence-electron chi connectivity index (χ3n) is 9.19. The first kappa shape index (κ1) is 25.7. The molecule has 0 spiro atoms. The van der Waals surface area contributed by atoms with Crippen molar-refractivity contribution >= 4 is 54.3 Å². The van der Waals surface area contributed by atoms with Crippen LogP contribution in [0.25, 0.3) is 87.9 Å². The summed E-state index contributed by atoms with van der Waals surface area (Å²) in [5.41, 5.74) is 9.38. The predicted molar refractivity (Wildman–Crippen MR) is 188 cm³/mol. The van der Waals surface area contributed by atoms with E-state index in [1.165, 1.54) is 43.4 Å². The average Bonchev–Trinajstić information content (AvgIpc) is 3.46. The SMILES string of the molecule is Cc1cc2c3ccccc3c3ccccc3c2cc1-c1cnc(-c2cccc(-c3ccc4c(c3)oc3ccccc34)c2)nc1C. The maximum atomic E-state index is 6.16. The van der Waals surface area contributed by atoms with Crippen molar-refractivity contribution in [2.24, 2.45) is 0 Å². The Morgan fingerprint density at radius 3 is 1.78 bits per heavy atom. The van der Waals surface area contributed by atoms with E-state index >= 15 is 0 Å². The van der Waals surface area contributed by atoms with E-state index in [1.54, 1.807) is 0 Å². The van der Waals surface area contributed by atoms with E-state index < -0.39 is 0 Å². The number of aromatic nitrogens is 2. The number of hydrogen-bond donors (Lipinski definition) is 0. The van der Waals surface area contributed by atoms with Crippen LogP contribution in [-0.4, -0.2) is 9.97 Å². The Balaban J connectivity index is 1.13. The molecule has 0 unspecified atom stereocenters. The number of furan rings is 1. The second-order valence-electron chi connectivity index (χ2n) is 11.9. The number of hydrogen-bond acceptors (Lipinski definition) is 3. The molecule has 0 amide bonds. The molecule has 9 aromatic rings. The van der Waals surface area contributed by atoms with Gasteiger partial charge in [-0.1, -0.05) is 97.1 Å². The fraction of sp³-hybridized carbons (Fsp3) is 0.0476. The Labute approximate surface area is 260 Å². The molecular formula is C42H28N2O. The molecule has 2 aromatic heterocycles. The second kappa shape index (κ2) is 9.87. The minimum Gasteiger partial charge on any atom is -0.456 e. The molecule has 9 rings (SSSR count). The zero-order valence-corrected chi connectivity index (χ0v) is 25.0. The van der Waals surface area contributed by atoms with Gasteiger partial charge in [0.15, 0.2) is 5.82 Å². The molecule has 2 heterocycles. The number of fused-ring (bicyclic) bond motifs is 9. The molecule has 0 bridgehead atoms. The highest BCUT2D eigenvalue weighted by atomic mass is 16.3. The fourth-order valence-corrected chi connectivity index (χ4v) is 6.96. The van der Waals surface area contributed by atoms with Gasteiger partial charge >= 0.3 is 0 Å². The lowest BCUT2D eigenvalue weighted by Crippen LogP contribution is -1.97. The lowest BCUT2D eigenvalue weighted by atomic mass is 9.90. The zero-order chi connectivity index (χ0) is 30.1. The summed E-state index contributed by atoms with van der Waals surface area (Å²) in [5, 5.41) is 9.91. The van der Waals surface area contributed by atoms with Crippen molar-refractivity contribution in [1.29, 1.82) is 0 Å². The number of aryl methyl sites for hydroxylation is 2. The van der Waals surface area contributed by atoms with Crippen molar-refractivity contribution in [3.63, 3.8) is 0 Å². The molecular weight excluding hydrogens is 548 g/mol. The van der Waals surface area contributed by atoms with Gasteiger partial charge in [0.05, 0.1) is 0 Å². The number of nitrogens with zero attached hydrogens (tertiary/aromatic N) is 2. The van der Waals surface area contributed by atoms with Crippen LogP contribution in [0.2, 0.25) is 0 Å². The summed E-state index contributed by atoms with van der Waals surface area (Å²) < 4.78 is 6.16. The Morgan fingerprint density at radius 2 is 1.04 bits per heavy atom. The monoisotopic (exact) mass is 576 g/mol. The molecule has 7 aromatic carbocycles. The van der Waals surface area contributed by atoms with E-state index in [-0.39, 0.29) is 0 Å². The maximum absolute atomic E-state index is 6.16. The highest BCUT2D eigenvalue weighted by Gasteiger charge is 2.15. The minimum absolute atomic E-state index is 0.720. The molecule has 0 saturated carbocycles. The van der Waals surface area contributed by atoms with Crippen LogP contribution in [0.5, 0.6) is 0 Å². The third kappa shape index (κ3) is 4.05. The topological polar surface area (TPSA) is 38.9 Å². The molecule has 3 heteroatoms. The smallest absolute Gasteiger partial charge is 0.159 e. The van der Waals surface area contributed by atoms with Crippen LogP contribution < -0.4 is 0 Å². The van der Waals surface area contributed by atoms with Crippen LogP contribution >= 0.6 is 0 Å². The van der Waals surface area contributed by atoms with Crippen LogP contribution in [0, 0.1) is 13.8 Å². The molecule has 45 heavy (non-hydrogen) atoms. The summed E-state index contributed by atoms with van der Waals surface area (Å²) in [5.74, 6) is 0.720. The van der Waals surface area contributed by atoms with Gasteiger partial charge in [0.2, 0.25) is 0 Å². The Kier molecular flexibility index (Phi) is 5.63. The Morgan fingerprint density at radius 1 is 0.444 bits per heavy atom. The van der Waals surface area contributed by atoms with Gasteiger partial charge < -0.3 is 4.42 Å². The van der Waals surface area contributed by atoms with Gasteiger partial charge in [-0.05, 0) is 98.8 Å². The molecule has 0 aliphatic rings. The van der Waals surface area contributed by atoms with E-state index in [1.807, 2.05) is 24.4 Å². The molecule has 3 nitrogen and oxygen atoms in total. The quantitative estimate of drug-likeness (QED) is 0.196. The van der Waals surface area contributed by atoms with Crippen molar-refractivity contribution in [2.75, 3.05) is 0 Å². The van der Waals surface area contributed by atoms with Crippen molar-refractivity contribution in [3.8, 4) is 33.6 Å². The highest BCUT2D eigenvalue weighted by Crippen LogP contribution is 2.39. The molecule has 0 fully saturated rings. The van der Waals surface area contributed by atoms with Gasteiger partial charge in [-0.2, -0.15) is 0 Å². The lowest BCUT2D eigenvalue weighted by molar-refractivity contribution is 0.669. The van der Waals surface area contributed by atoms with Gasteiger partial charge in [0, 0.05) is 33.8 Å². The van der Waals surface area contributed by atoms with Crippen molar-refractivity contribution in [3.05, 3.63) is 145 Å². The first-order valence-electron chi connectivity index (χ1n) is 15.3. The first-order chi connectivity index (χ1) is 22.1. The third-order valence-corrected chi connectivity index (χ3v) is 9.19. The average molecular weight is 577 g/mol. The summed E-state index contributed by atoms with van der Waals surface area (Å²) in [6, 6.07) is 45.1. The van der Waals surface area contributed by atoms with Crippen molar-refractivity contribution < 1.29 is 4.42 Å². The van der Waals surface area contributed by atoms with E-state index in [4.69, 9.17) is 14.4 Å². The number of para-hydroxylation sites is 1. The van der Waals surface area contributed by atoms with Gasteiger partial charge in [-0.25, -0.2) is 9.97 Å². The summed E-state index contributed by atoms with van der Waals surface area (Å²) in [4.78, 5) is 9.94. The van der Waals surface area contributed by atoms with E-state index in [0.29, 0.717) is 0 Å². The minimum atomic E-state index is 0.720. The van der Waals surface area contributed by atoms with Gasteiger partial charge in [0.25, 0.3) is 0 Å². The van der Waals surface area contributed by atoms with Gasteiger partial charge in [0.1, 0.15) is 11.2 Å². The summed E-state index contributed by atoms with van der Waals surface area (Å²) in [6.45, 7) is 4.27. The van der Waals surface area contributed by atoms with Crippen LogP contribution in [0.15, 0.2) is 138 Å². The van der Waals surface area contributed by atoms with Crippen LogP contribution in [0.3, 0.4) is 0 Å². The molecule has 0 aliphatic carbocycles. The molecule has 0 radical (unpaired) electrons. The number of rotatable bonds is 3. The highest BCUT2D eigenvalue weighted by molar-refractivity contribution is 6.26. The van der Waals surface area contributed by atoms with Crippen molar-refractivity contribution in [1.82, 2.24) is 9.97 Å². The summed E-state index contributed by atoms with van der Waals surface area (Å²) in [6.07, 6.45) is 1.99. The van der Waals surface area contributed by atoms with Gasteiger partial charge in [-0.15, -0.1) is 0 Å². The van der Waals surface area contributed by atoms with Crippen LogP contribution in [-0.2, 0) is 0 Å². The Hall–Kier alpha value is -5.80. The maximum Gasteiger partial charge on any atom is 0.159 e. The molecule has 0 N–H and O–H groups in total. The normalized spacial score (nSPS) is 11.8. The second-order valence-corrected chi connectivity index (χ2v) is 11.9. The van der Waals surface area contributed by atoms with Gasteiger partial charge in [-0.3, -0.25) is 0 Å². The molecule has 212 valence electrons. The predicted octanol–water partition coefficient (Wildman–Crippen LogP) is 11.5. The van der Waals surface area contributed by atoms with Crippen LogP contribution in [0.4, 0.5) is 0 Å². The Bertz CT molecular complexity index is 2630. The summed E-state index contributed by atoms with van der Waals surface area (Å²) >= 11 is 0. The number of benzene rings is 7. The molecule has 0 atom stereocenters. The lowest BCUT2D eigenvalue weighted by Gasteiger charge is -2.15. The van der Waals surface area contributed by atoms with E-state index in [2.05, 4.69) is 123 Å². The van der Waals surface area contributed by atoms with E-state index in [9.17, 15) is 0 Å². The molecule has 0 aliphatic heterocycles.